The summed E-state index contributed by atoms with van der Waals surface area (Å²) in [5.74, 6) is 0. The van der Waals surface area contributed by atoms with Gasteiger partial charge in [0.05, 0.1) is 5.69 Å². The van der Waals surface area contributed by atoms with Crippen LogP contribution in [0.5, 0.6) is 0 Å². The fourth-order valence-corrected chi connectivity index (χ4v) is 4.46. The summed E-state index contributed by atoms with van der Waals surface area (Å²) in [6.45, 7) is 2.55. The van der Waals surface area contributed by atoms with E-state index in [1.54, 1.807) is 0 Å². The van der Waals surface area contributed by atoms with Gasteiger partial charge in [-0.3, -0.25) is 4.90 Å². The van der Waals surface area contributed by atoms with Crippen LogP contribution >= 0.6 is 31.9 Å². The van der Waals surface area contributed by atoms with Gasteiger partial charge in [0.1, 0.15) is 0 Å². The Morgan fingerprint density at radius 1 is 1.06 bits per heavy atom. The third-order valence-electron chi connectivity index (χ3n) is 4.15. The number of anilines is 1. The van der Waals surface area contributed by atoms with E-state index in [0.29, 0.717) is 6.04 Å². The van der Waals surface area contributed by atoms with Crippen molar-refractivity contribution in [2.24, 2.45) is 0 Å². The second-order valence-corrected chi connectivity index (χ2v) is 6.94. The van der Waals surface area contributed by atoms with Gasteiger partial charge in [-0.1, -0.05) is 12.5 Å². The molecule has 0 spiro atoms. The molecule has 0 aromatic heterocycles. The van der Waals surface area contributed by atoms with Gasteiger partial charge in [-0.05, 0) is 69.8 Å². The summed E-state index contributed by atoms with van der Waals surface area (Å²) in [6.07, 6.45) is 5.37. The zero-order valence-electron chi connectivity index (χ0n) is 10.3. The molecule has 4 heteroatoms. The third kappa shape index (κ3) is 2.47. The number of benzene rings is 1. The predicted octanol–water partition coefficient (Wildman–Crippen LogP) is 4.25. The minimum absolute atomic E-state index is 0.597. The van der Waals surface area contributed by atoms with Crippen LogP contribution in [0.4, 0.5) is 5.69 Å². The highest BCUT2D eigenvalue weighted by Crippen LogP contribution is 2.35. The van der Waals surface area contributed by atoms with Gasteiger partial charge in [0.15, 0.2) is 0 Å². The lowest BCUT2D eigenvalue weighted by Crippen LogP contribution is -2.41. The number of halogens is 2. The van der Waals surface area contributed by atoms with Gasteiger partial charge in [0.2, 0.25) is 0 Å². The maximum atomic E-state index is 3.74. The molecule has 2 fully saturated rings. The van der Waals surface area contributed by atoms with Crippen molar-refractivity contribution in [1.29, 1.82) is 0 Å². The van der Waals surface area contributed by atoms with E-state index >= 15 is 0 Å². The Hall–Kier alpha value is -0.0600. The van der Waals surface area contributed by atoms with Crippen molar-refractivity contribution < 1.29 is 0 Å². The number of hydrogen-bond acceptors (Lipinski definition) is 2. The average molecular weight is 374 g/mol. The van der Waals surface area contributed by atoms with Crippen LogP contribution in [-0.4, -0.2) is 30.1 Å². The largest absolute Gasteiger partial charge is 0.379 e. The molecule has 0 saturated carbocycles. The molecule has 2 unspecified atom stereocenters. The first kappa shape index (κ1) is 12.9. The lowest BCUT2D eigenvalue weighted by molar-refractivity contribution is 0.192. The van der Waals surface area contributed by atoms with Crippen LogP contribution in [-0.2, 0) is 0 Å². The smallest absolute Gasteiger partial charge is 0.0631 e. The minimum Gasteiger partial charge on any atom is -0.379 e. The maximum Gasteiger partial charge on any atom is 0.0631 e. The summed E-state index contributed by atoms with van der Waals surface area (Å²) in [7, 11) is 0. The van der Waals surface area contributed by atoms with Gasteiger partial charge in [-0.15, -0.1) is 0 Å². The van der Waals surface area contributed by atoms with E-state index in [0.717, 1.165) is 15.0 Å². The first-order valence-corrected chi connectivity index (χ1v) is 8.29. The van der Waals surface area contributed by atoms with Crippen LogP contribution in [0.1, 0.15) is 25.7 Å². The molecular formula is C14H18Br2N2. The number of piperidine rings is 1. The Bertz CT molecular complexity index is 416. The first-order valence-electron chi connectivity index (χ1n) is 6.70. The van der Waals surface area contributed by atoms with E-state index in [1.807, 2.05) is 0 Å². The molecule has 2 heterocycles. The van der Waals surface area contributed by atoms with E-state index in [-0.39, 0.29) is 0 Å². The molecule has 2 saturated heterocycles. The fraction of sp³-hybridized carbons (Fsp3) is 0.571. The highest BCUT2D eigenvalue weighted by molar-refractivity contribution is 9.11. The van der Waals surface area contributed by atoms with Crippen LogP contribution in [0.3, 0.4) is 0 Å². The Labute approximate surface area is 125 Å². The minimum atomic E-state index is 0.597. The zero-order valence-corrected chi connectivity index (χ0v) is 13.5. The van der Waals surface area contributed by atoms with Crippen LogP contribution in [0, 0.1) is 0 Å². The lowest BCUT2D eigenvalue weighted by atomic mass is 9.99. The molecule has 2 atom stereocenters. The van der Waals surface area contributed by atoms with Crippen LogP contribution in [0.2, 0.25) is 0 Å². The van der Waals surface area contributed by atoms with Gasteiger partial charge in [0, 0.05) is 27.6 Å². The number of nitrogens with zero attached hydrogens (tertiary/aromatic N) is 1. The predicted molar refractivity (Wildman–Crippen MR) is 83.1 cm³/mol. The van der Waals surface area contributed by atoms with E-state index in [4.69, 9.17) is 0 Å². The fourth-order valence-electron chi connectivity index (χ4n) is 3.24. The number of rotatable bonds is 2. The molecule has 1 aromatic carbocycles. The van der Waals surface area contributed by atoms with Gasteiger partial charge >= 0.3 is 0 Å². The second-order valence-electron chi connectivity index (χ2n) is 5.24. The summed E-state index contributed by atoms with van der Waals surface area (Å²) < 4.78 is 2.29. The van der Waals surface area contributed by atoms with Crippen molar-refractivity contribution in [3.05, 3.63) is 27.1 Å². The quantitative estimate of drug-likeness (QED) is 0.833. The monoisotopic (exact) mass is 372 g/mol. The first-order chi connectivity index (χ1) is 8.75. The molecule has 2 aliphatic heterocycles. The van der Waals surface area contributed by atoms with Crippen molar-refractivity contribution >= 4 is 37.5 Å². The molecule has 0 amide bonds. The van der Waals surface area contributed by atoms with Crippen molar-refractivity contribution in [3.8, 4) is 0 Å². The SMILES string of the molecule is Brc1cccc(Br)c1NC1CCN2CCCCC12. The van der Waals surface area contributed by atoms with Gasteiger partial charge in [-0.2, -0.15) is 0 Å². The van der Waals surface area contributed by atoms with E-state index in [2.05, 4.69) is 60.3 Å². The average Bonchev–Trinajstić information content (AvgIpc) is 2.77. The molecule has 0 bridgehead atoms. The Balaban J connectivity index is 1.76. The maximum absolute atomic E-state index is 3.74. The molecule has 1 N–H and O–H groups in total. The number of nitrogens with one attached hydrogen (secondary N) is 1. The summed E-state index contributed by atoms with van der Waals surface area (Å²) >= 11 is 7.27. The zero-order chi connectivity index (χ0) is 12.5. The lowest BCUT2D eigenvalue weighted by Gasteiger charge is -2.33. The Morgan fingerprint density at radius 3 is 2.61 bits per heavy atom. The normalized spacial score (nSPS) is 28.1. The summed E-state index contributed by atoms with van der Waals surface area (Å²) in [5, 5.41) is 3.74. The summed E-state index contributed by atoms with van der Waals surface area (Å²) in [5.41, 5.74) is 1.20. The highest BCUT2D eigenvalue weighted by Gasteiger charge is 2.35. The van der Waals surface area contributed by atoms with Crippen molar-refractivity contribution in [2.75, 3.05) is 18.4 Å². The Morgan fingerprint density at radius 2 is 1.83 bits per heavy atom. The Kier molecular flexibility index (Phi) is 3.97. The number of hydrogen-bond donors (Lipinski definition) is 1. The summed E-state index contributed by atoms with van der Waals surface area (Å²) in [6, 6.07) is 7.58. The molecule has 3 rings (SSSR count). The van der Waals surface area contributed by atoms with Crippen molar-refractivity contribution in [3.63, 3.8) is 0 Å². The van der Waals surface area contributed by atoms with E-state index in [9.17, 15) is 0 Å². The molecule has 2 aliphatic rings. The highest BCUT2D eigenvalue weighted by atomic mass is 79.9. The summed E-state index contributed by atoms with van der Waals surface area (Å²) in [4.78, 5) is 2.66. The van der Waals surface area contributed by atoms with Gasteiger partial charge in [-0.25, -0.2) is 0 Å². The van der Waals surface area contributed by atoms with Crippen LogP contribution < -0.4 is 5.32 Å². The number of para-hydroxylation sites is 1. The standard InChI is InChI=1S/C14H18Br2N2/c15-10-4-3-5-11(16)14(10)17-12-7-9-18-8-2-1-6-13(12)18/h3-5,12-13,17H,1-2,6-9H2. The number of fused-ring (bicyclic) bond motifs is 1. The molecule has 18 heavy (non-hydrogen) atoms. The van der Waals surface area contributed by atoms with Gasteiger partial charge in [0.25, 0.3) is 0 Å². The van der Waals surface area contributed by atoms with Gasteiger partial charge < -0.3 is 5.32 Å². The third-order valence-corrected chi connectivity index (χ3v) is 5.47. The van der Waals surface area contributed by atoms with Crippen LogP contribution in [0.15, 0.2) is 27.1 Å². The van der Waals surface area contributed by atoms with Crippen molar-refractivity contribution in [1.82, 2.24) is 4.90 Å². The molecule has 2 nitrogen and oxygen atoms in total. The molecular weight excluding hydrogens is 356 g/mol. The molecule has 0 radical (unpaired) electrons. The molecule has 1 aromatic rings. The van der Waals surface area contributed by atoms with Crippen LogP contribution in [0.25, 0.3) is 0 Å². The van der Waals surface area contributed by atoms with Crippen molar-refractivity contribution in [2.45, 2.75) is 37.8 Å². The van der Waals surface area contributed by atoms with E-state index in [1.165, 1.54) is 44.5 Å². The topological polar surface area (TPSA) is 15.3 Å². The second kappa shape index (κ2) is 5.51. The van der Waals surface area contributed by atoms with E-state index < -0.39 is 0 Å². The molecule has 0 aliphatic carbocycles. The molecule has 98 valence electrons.